The van der Waals surface area contributed by atoms with Crippen LogP contribution in [0.2, 0.25) is 0 Å². The summed E-state index contributed by atoms with van der Waals surface area (Å²) < 4.78 is 0.921. The van der Waals surface area contributed by atoms with Crippen molar-refractivity contribution in [1.82, 2.24) is 4.90 Å². The first-order valence-corrected chi connectivity index (χ1v) is 8.12. The van der Waals surface area contributed by atoms with Gasteiger partial charge in [0, 0.05) is 17.2 Å². The number of nitrogens with one attached hydrogen (secondary N) is 1. The minimum absolute atomic E-state index is 0.100. The lowest BCUT2D eigenvalue weighted by Gasteiger charge is -2.34. The topological polar surface area (TPSA) is 86.7 Å². The van der Waals surface area contributed by atoms with E-state index in [0.717, 1.165) is 10.0 Å². The first kappa shape index (κ1) is 17.5. The number of carboxylic acids is 1. The van der Waals surface area contributed by atoms with Crippen LogP contribution in [0.3, 0.4) is 0 Å². The maximum Gasteiger partial charge on any atom is 0.307 e. The molecule has 0 saturated heterocycles. The van der Waals surface area contributed by atoms with Gasteiger partial charge in [-0.25, -0.2) is 0 Å². The molecule has 1 saturated carbocycles. The molecule has 0 spiro atoms. The number of carbonyl (C=O) groups excluding carboxylic acids is 2. The molecule has 1 fully saturated rings. The summed E-state index contributed by atoms with van der Waals surface area (Å²) in [4.78, 5) is 36.6. The number of rotatable bonds is 5. The van der Waals surface area contributed by atoms with Crippen molar-refractivity contribution in [3.63, 3.8) is 0 Å². The standard InChI is InChI=1S/C16H19BrN2O4/c1-9-7-10(17)3-6-13(9)18-14(20)8-19(2)15(21)11-4-5-12(11)16(22)23/h3,6-7,11-12H,4-5,8H2,1-2H3,(H,18,20)(H,22,23). The Labute approximate surface area is 143 Å². The van der Waals surface area contributed by atoms with Crippen LogP contribution in [0.4, 0.5) is 5.69 Å². The minimum Gasteiger partial charge on any atom is -0.481 e. The molecule has 23 heavy (non-hydrogen) atoms. The van der Waals surface area contributed by atoms with Crippen molar-refractivity contribution in [3.05, 3.63) is 28.2 Å². The van der Waals surface area contributed by atoms with E-state index < -0.39 is 17.8 Å². The molecule has 2 amide bonds. The van der Waals surface area contributed by atoms with Gasteiger partial charge in [-0.15, -0.1) is 0 Å². The van der Waals surface area contributed by atoms with E-state index in [4.69, 9.17) is 5.11 Å². The Morgan fingerprint density at radius 2 is 1.96 bits per heavy atom. The molecule has 1 aromatic rings. The maximum atomic E-state index is 12.2. The minimum atomic E-state index is -0.946. The number of aliphatic carboxylic acids is 1. The summed E-state index contributed by atoms with van der Waals surface area (Å²) in [5.74, 6) is -2.68. The second-order valence-corrected chi connectivity index (χ2v) is 6.75. The zero-order valence-corrected chi connectivity index (χ0v) is 14.6. The summed E-state index contributed by atoms with van der Waals surface area (Å²) in [6.45, 7) is 1.78. The first-order chi connectivity index (χ1) is 10.8. The summed E-state index contributed by atoms with van der Waals surface area (Å²) in [7, 11) is 1.52. The Morgan fingerprint density at radius 3 is 2.48 bits per heavy atom. The number of benzene rings is 1. The number of nitrogens with zero attached hydrogens (tertiary/aromatic N) is 1. The number of anilines is 1. The van der Waals surface area contributed by atoms with E-state index in [2.05, 4.69) is 21.2 Å². The zero-order chi connectivity index (χ0) is 17.1. The molecule has 124 valence electrons. The Morgan fingerprint density at radius 1 is 1.30 bits per heavy atom. The van der Waals surface area contributed by atoms with Crippen LogP contribution in [-0.4, -0.2) is 41.4 Å². The number of carbonyl (C=O) groups is 3. The van der Waals surface area contributed by atoms with E-state index in [1.165, 1.54) is 11.9 Å². The van der Waals surface area contributed by atoms with E-state index >= 15 is 0 Å². The second kappa shape index (κ2) is 7.12. The molecule has 0 heterocycles. The highest BCUT2D eigenvalue weighted by Crippen LogP contribution is 2.35. The number of aryl methyl sites for hydroxylation is 1. The van der Waals surface area contributed by atoms with Gasteiger partial charge in [-0.1, -0.05) is 15.9 Å². The van der Waals surface area contributed by atoms with Crippen LogP contribution in [0, 0.1) is 18.8 Å². The molecule has 0 radical (unpaired) electrons. The van der Waals surface area contributed by atoms with Crippen LogP contribution in [-0.2, 0) is 14.4 Å². The summed E-state index contributed by atoms with van der Waals surface area (Å²) in [6, 6.07) is 5.49. The van der Waals surface area contributed by atoms with Gasteiger partial charge in [0.05, 0.1) is 18.4 Å². The Hall–Kier alpha value is -1.89. The molecule has 0 aliphatic heterocycles. The van der Waals surface area contributed by atoms with Gasteiger partial charge < -0.3 is 15.3 Å². The lowest BCUT2D eigenvalue weighted by atomic mass is 9.73. The number of hydrogen-bond acceptors (Lipinski definition) is 3. The highest BCUT2D eigenvalue weighted by Gasteiger charge is 2.42. The summed E-state index contributed by atoms with van der Waals surface area (Å²) in [5, 5.41) is 11.8. The second-order valence-electron chi connectivity index (χ2n) is 5.83. The maximum absolute atomic E-state index is 12.2. The van der Waals surface area contributed by atoms with Crippen LogP contribution in [0.1, 0.15) is 18.4 Å². The average Bonchev–Trinajstić information content (AvgIpc) is 2.39. The number of likely N-dealkylation sites (N-methyl/N-ethyl adjacent to an activating group) is 1. The Balaban J connectivity index is 1.92. The molecule has 1 aliphatic rings. The van der Waals surface area contributed by atoms with Crippen molar-refractivity contribution >= 4 is 39.4 Å². The predicted octanol–water partition coefficient (Wildman–Crippen LogP) is 2.27. The number of carboxylic acid groups (broad SMARTS) is 1. The molecule has 2 unspecified atom stereocenters. The van der Waals surface area contributed by atoms with Gasteiger partial charge in [0.15, 0.2) is 0 Å². The SMILES string of the molecule is Cc1cc(Br)ccc1NC(=O)CN(C)C(=O)C1CCC1C(=O)O. The van der Waals surface area contributed by atoms with Gasteiger partial charge in [-0.2, -0.15) is 0 Å². The molecule has 7 heteroatoms. The van der Waals surface area contributed by atoms with E-state index in [-0.39, 0.29) is 18.4 Å². The smallest absolute Gasteiger partial charge is 0.307 e. The molecule has 1 aliphatic carbocycles. The highest BCUT2D eigenvalue weighted by atomic mass is 79.9. The van der Waals surface area contributed by atoms with E-state index in [0.29, 0.717) is 18.5 Å². The molecular formula is C16H19BrN2O4. The molecule has 2 rings (SSSR count). The van der Waals surface area contributed by atoms with Crippen molar-refractivity contribution in [3.8, 4) is 0 Å². The molecule has 0 bridgehead atoms. The number of amides is 2. The lowest BCUT2D eigenvalue weighted by Crippen LogP contribution is -2.46. The van der Waals surface area contributed by atoms with Crippen molar-refractivity contribution in [1.29, 1.82) is 0 Å². The normalized spacial score (nSPS) is 19.6. The molecule has 6 nitrogen and oxygen atoms in total. The largest absolute Gasteiger partial charge is 0.481 e. The zero-order valence-electron chi connectivity index (χ0n) is 13.0. The van der Waals surface area contributed by atoms with Gasteiger partial charge >= 0.3 is 5.97 Å². The molecular weight excluding hydrogens is 364 g/mol. The fourth-order valence-electron chi connectivity index (χ4n) is 2.62. The van der Waals surface area contributed by atoms with Crippen LogP contribution in [0.25, 0.3) is 0 Å². The van der Waals surface area contributed by atoms with Crippen LogP contribution in [0.15, 0.2) is 22.7 Å². The van der Waals surface area contributed by atoms with E-state index in [9.17, 15) is 14.4 Å². The van der Waals surface area contributed by atoms with Gasteiger partial charge in [0.2, 0.25) is 11.8 Å². The monoisotopic (exact) mass is 382 g/mol. The summed E-state index contributed by atoms with van der Waals surface area (Å²) in [6.07, 6.45) is 1.08. The summed E-state index contributed by atoms with van der Waals surface area (Å²) >= 11 is 3.36. The third kappa shape index (κ3) is 4.10. The molecule has 2 N–H and O–H groups in total. The number of hydrogen-bond donors (Lipinski definition) is 2. The lowest BCUT2D eigenvalue weighted by molar-refractivity contribution is -0.156. The van der Waals surface area contributed by atoms with Crippen LogP contribution < -0.4 is 5.32 Å². The van der Waals surface area contributed by atoms with Gasteiger partial charge in [0.1, 0.15) is 0 Å². The fourth-order valence-corrected chi connectivity index (χ4v) is 3.10. The van der Waals surface area contributed by atoms with Crippen LogP contribution >= 0.6 is 15.9 Å². The van der Waals surface area contributed by atoms with Gasteiger partial charge in [-0.05, 0) is 43.5 Å². The van der Waals surface area contributed by atoms with Crippen molar-refractivity contribution < 1.29 is 19.5 Å². The molecule has 0 aromatic heterocycles. The third-order valence-corrected chi connectivity index (χ3v) is 4.62. The highest BCUT2D eigenvalue weighted by molar-refractivity contribution is 9.10. The van der Waals surface area contributed by atoms with Gasteiger partial charge in [0.25, 0.3) is 0 Å². The van der Waals surface area contributed by atoms with Crippen molar-refractivity contribution in [2.75, 3.05) is 18.9 Å². The van der Waals surface area contributed by atoms with E-state index in [1.54, 1.807) is 6.07 Å². The van der Waals surface area contributed by atoms with Crippen LogP contribution in [0.5, 0.6) is 0 Å². The van der Waals surface area contributed by atoms with E-state index in [1.807, 2.05) is 19.1 Å². The number of halogens is 1. The van der Waals surface area contributed by atoms with Gasteiger partial charge in [-0.3, -0.25) is 14.4 Å². The quantitative estimate of drug-likeness (QED) is 0.817. The first-order valence-electron chi connectivity index (χ1n) is 7.33. The average molecular weight is 383 g/mol. The predicted molar refractivity (Wildman–Crippen MR) is 89.0 cm³/mol. The fraction of sp³-hybridized carbons (Fsp3) is 0.438. The summed E-state index contributed by atoms with van der Waals surface area (Å²) in [5.41, 5.74) is 1.60. The molecule has 1 aromatic carbocycles. The Kier molecular flexibility index (Phi) is 5.41. The van der Waals surface area contributed by atoms with Crippen molar-refractivity contribution in [2.24, 2.45) is 11.8 Å². The third-order valence-electron chi connectivity index (χ3n) is 4.13. The molecule has 2 atom stereocenters. The Bertz CT molecular complexity index is 647. The van der Waals surface area contributed by atoms with Crippen molar-refractivity contribution in [2.45, 2.75) is 19.8 Å².